The topological polar surface area (TPSA) is 95.2 Å². The molecule has 0 unspecified atom stereocenters. The number of likely N-dealkylation sites (N-methyl/N-ethyl adjacent to an activating group) is 1. The lowest BCUT2D eigenvalue weighted by molar-refractivity contribution is -0.121. The second-order valence-corrected chi connectivity index (χ2v) is 4.35. The second kappa shape index (κ2) is 5.78. The van der Waals surface area contributed by atoms with Gasteiger partial charge in [0.1, 0.15) is 17.7 Å². The Bertz CT molecular complexity index is 806. The minimum absolute atomic E-state index is 0.186. The number of fused-ring (bicyclic) bond motifs is 1. The van der Waals surface area contributed by atoms with Crippen molar-refractivity contribution in [3.8, 4) is 5.75 Å². The third-order valence-electron chi connectivity index (χ3n) is 3.07. The van der Waals surface area contributed by atoms with Gasteiger partial charge in [0.15, 0.2) is 5.65 Å². The Labute approximate surface area is 120 Å². The van der Waals surface area contributed by atoms with Crippen molar-refractivity contribution in [2.75, 3.05) is 13.7 Å². The molecule has 0 fully saturated rings. The predicted octanol–water partition coefficient (Wildman–Crippen LogP) is -0.760. The van der Waals surface area contributed by atoms with Crippen LogP contribution in [0, 0.1) is 0 Å². The molecule has 21 heavy (non-hydrogen) atoms. The summed E-state index contributed by atoms with van der Waals surface area (Å²) in [6, 6.07) is 1.56. The van der Waals surface area contributed by atoms with Crippen LogP contribution >= 0.6 is 0 Å². The fourth-order valence-corrected chi connectivity index (χ4v) is 2.02. The van der Waals surface area contributed by atoms with E-state index in [1.54, 1.807) is 13.0 Å². The summed E-state index contributed by atoms with van der Waals surface area (Å²) < 4.78 is 7.50. The van der Waals surface area contributed by atoms with Gasteiger partial charge in [-0.25, -0.2) is 14.3 Å². The fourth-order valence-electron chi connectivity index (χ4n) is 2.02. The fraction of sp³-hybridized carbons (Fsp3) is 0.385. The van der Waals surface area contributed by atoms with E-state index in [-0.39, 0.29) is 17.6 Å². The highest BCUT2D eigenvalue weighted by atomic mass is 16.5. The third kappa shape index (κ3) is 2.51. The SMILES string of the molecule is CCOc1ccnc2c1c(=O)n(CC(=O)NC)c(=O)n2C. The summed E-state index contributed by atoms with van der Waals surface area (Å²) in [5.41, 5.74) is -0.963. The van der Waals surface area contributed by atoms with Crippen LogP contribution in [0.25, 0.3) is 11.0 Å². The van der Waals surface area contributed by atoms with E-state index >= 15 is 0 Å². The smallest absolute Gasteiger partial charge is 0.332 e. The van der Waals surface area contributed by atoms with E-state index in [4.69, 9.17) is 4.74 Å². The Balaban J connectivity index is 2.83. The first-order valence-electron chi connectivity index (χ1n) is 6.43. The number of hydrogen-bond acceptors (Lipinski definition) is 5. The van der Waals surface area contributed by atoms with E-state index in [0.717, 1.165) is 4.57 Å². The van der Waals surface area contributed by atoms with Gasteiger partial charge in [-0.3, -0.25) is 14.2 Å². The molecule has 8 nitrogen and oxygen atoms in total. The lowest BCUT2D eigenvalue weighted by Crippen LogP contribution is -2.43. The normalized spacial score (nSPS) is 10.6. The predicted molar refractivity (Wildman–Crippen MR) is 76.5 cm³/mol. The number of aromatic nitrogens is 3. The molecule has 0 atom stereocenters. The number of carbonyl (C=O) groups excluding carboxylic acids is 1. The lowest BCUT2D eigenvalue weighted by Gasteiger charge is -2.12. The largest absolute Gasteiger partial charge is 0.493 e. The van der Waals surface area contributed by atoms with Crippen molar-refractivity contribution >= 4 is 16.9 Å². The molecular weight excluding hydrogens is 276 g/mol. The van der Waals surface area contributed by atoms with Gasteiger partial charge in [0.05, 0.1) is 6.61 Å². The van der Waals surface area contributed by atoms with Gasteiger partial charge < -0.3 is 10.1 Å². The van der Waals surface area contributed by atoms with Gasteiger partial charge in [0.25, 0.3) is 5.56 Å². The van der Waals surface area contributed by atoms with E-state index in [9.17, 15) is 14.4 Å². The number of aryl methyl sites for hydroxylation is 1. The molecule has 2 aromatic rings. The highest BCUT2D eigenvalue weighted by Gasteiger charge is 2.17. The Kier molecular flexibility index (Phi) is 4.06. The lowest BCUT2D eigenvalue weighted by atomic mass is 10.3. The average molecular weight is 292 g/mol. The average Bonchev–Trinajstić information content (AvgIpc) is 2.49. The first kappa shape index (κ1) is 14.8. The van der Waals surface area contributed by atoms with Crippen LogP contribution in [0.15, 0.2) is 21.9 Å². The van der Waals surface area contributed by atoms with Crippen molar-refractivity contribution in [2.24, 2.45) is 7.05 Å². The van der Waals surface area contributed by atoms with E-state index in [1.807, 2.05) is 0 Å². The summed E-state index contributed by atoms with van der Waals surface area (Å²) >= 11 is 0. The Morgan fingerprint density at radius 3 is 2.76 bits per heavy atom. The number of nitrogens with zero attached hydrogens (tertiary/aromatic N) is 3. The second-order valence-electron chi connectivity index (χ2n) is 4.35. The molecule has 0 saturated heterocycles. The molecule has 2 rings (SSSR count). The summed E-state index contributed by atoms with van der Waals surface area (Å²) in [5.74, 6) is -0.0934. The monoisotopic (exact) mass is 292 g/mol. The number of hydrogen-bond donors (Lipinski definition) is 1. The van der Waals surface area contributed by atoms with Crippen LogP contribution in [0.1, 0.15) is 6.92 Å². The van der Waals surface area contributed by atoms with E-state index < -0.39 is 17.2 Å². The molecule has 112 valence electrons. The molecule has 1 amide bonds. The van der Waals surface area contributed by atoms with Crippen LogP contribution in [0.4, 0.5) is 0 Å². The minimum Gasteiger partial charge on any atom is -0.493 e. The van der Waals surface area contributed by atoms with Crippen molar-refractivity contribution in [2.45, 2.75) is 13.5 Å². The van der Waals surface area contributed by atoms with Gasteiger partial charge in [-0.2, -0.15) is 0 Å². The van der Waals surface area contributed by atoms with Crippen molar-refractivity contribution in [3.63, 3.8) is 0 Å². The van der Waals surface area contributed by atoms with Crippen LogP contribution in [0.3, 0.4) is 0 Å². The minimum atomic E-state index is -0.600. The Morgan fingerprint density at radius 2 is 2.14 bits per heavy atom. The number of amides is 1. The van der Waals surface area contributed by atoms with Gasteiger partial charge in [0, 0.05) is 20.3 Å². The molecule has 0 aliphatic heterocycles. The van der Waals surface area contributed by atoms with Crippen molar-refractivity contribution in [1.29, 1.82) is 0 Å². The van der Waals surface area contributed by atoms with Crippen LogP contribution in [-0.4, -0.2) is 33.7 Å². The Hall–Kier alpha value is -2.64. The molecular formula is C13H16N4O4. The van der Waals surface area contributed by atoms with Gasteiger partial charge in [-0.15, -0.1) is 0 Å². The van der Waals surface area contributed by atoms with Crippen LogP contribution in [-0.2, 0) is 18.4 Å². The van der Waals surface area contributed by atoms with Crippen molar-refractivity contribution in [1.82, 2.24) is 19.4 Å². The summed E-state index contributed by atoms with van der Waals surface area (Å²) in [4.78, 5) is 40.2. The molecule has 0 aliphatic carbocycles. The molecule has 2 heterocycles. The van der Waals surface area contributed by atoms with Crippen molar-refractivity contribution < 1.29 is 9.53 Å². The zero-order valence-corrected chi connectivity index (χ0v) is 12.0. The van der Waals surface area contributed by atoms with Crippen LogP contribution < -0.4 is 21.3 Å². The number of pyridine rings is 1. The zero-order valence-electron chi connectivity index (χ0n) is 12.0. The zero-order chi connectivity index (χ0) is 15.6. The number of carbonyl (C=O) groups is 1. The van der Waals surface area contributed by atoms with Gasteiger partial charge in [0.2, 0.25) is 5.91 Å². The van der Waals surface area contributed by atoms with Crippen molar-refractivity contribution in [3.05, 3.63) is 33.1 Å². The summed E-state index contributed by atoms with van der Waals surface area (Å²) in [6.07, 6.45) is 1.47. The summed E-state index contributed by atoms with van der Waals surface area (Å²) in [5, 5.41) is 2.57. The Morgan fingerprint density at radius 1 is 1.43 bits per heavy atom. The molecule has 0 spiro atoms. The maximum absolute atomic E-state index is 12.5. The van der Waals surface area contributed by atoms with E-state index in [0.29, 0.717) is 12.4 Å². The molecule has 0 saturated carbocycles. The van der Waals surface area contributed by atoms with Gasteiger partial charge in [-0.1, -0.05) is 0 Å². The quantitative estimate of drug-likeness (QED) is 0.799. The number of ether oxygens (including phenoxy) is 1. The first-order valence-corrected chi connectivity index (χ1v) is 6.43. The molecule has 2 aromatic heterocycles. The van der Waals surface area contributed by atoms with Gasteiger partial charge in [-0.05, 0) is 13.0 Å². The van der Waals surface area contributed by atoms with E-state index in [1.165, 1.54) is 24.9 Å². The molecule has 1 N–H and O–H groups in total. The molecule has 0 radical (unpaired) electrons. The molecule has 0 bridgehead atoms. The summed E-state index contributed by atoms with van der Waals surface area (Å²) in [6.45, 7) is 1.81. The maximum atomic E-state index is 12.5. The first-order chi connectivity index (χ1) is 10.0. The van der Waals surface area contributed by atoms with E-state index in [2.05, 4.69) is 10.3 Å². The highest BCUT2D eigenvalue weighted by molar-refractivity contribution is 5.81. The standard InChI is InChI=1S/C13H16N4O4/c1-4-21-8-5-6-15-11-10(8)12(19)17(7-9(18)14-2)13(20)16(11)3/h5-6H,4,7H2,1-3H3,(H,14,18). The third-order valence-corrected chi connectivity index (χ3v) is 3.07. The van der Waals surface area contributed by atoms with Gasteiger partial charge >= 0.3 is 5.69 Å². The summed E-state index contributed by atoms with van der Waals surface area (Å²) in [7, 11) is 2.93. The molecule has 8 heteroatoms. The number of nitrogens with one attached hydrogen (secondary N) is 1. The molecule has 0 aliphatic rings. The van der Waals surface area contributed by atoms with Crippen LogP contribution in [0.5, 0.6) is 5.75 Å². The maximum Gasteiger partial charge on any atom is 0.332 e. The van der Waals surface area contributed by atoms with Crippen LogP contribution in [0.2, 0.25) is 0 Å². The number of rotatable bonds is 4. The molecule has 0 aromatic carbocycles. The highest BCUT2D eigenvalue weighted by Crippen LogP contribution is 2.18.